The minimum Gasteiger partial charge on any atom is -0.366 e. The highest BCUT2D eigenvalue weighted by molar-refractivity contribution is 9.10. The van der Waals surface area contributed by atoms with Gasteiger partial charge in [-0.3, -0.25) is 9.78 Å². The van der Waals surface area contributed by atoms with E-state index in [0.717, 1.165) is 43.7 Å². The van der Waals surface area contributed by atoms with E-state index in [9.17, 15) is 4.79 Å². The Morgan fingerprint density at radius 1 is 1.11 bits per heavy atom. The first-order valence-electron chi connectivity index (χ1n) is 8.66. The first-order valence-corrected chi connectivity index (χ1v) is 9.98. The summed E-state index contributed by atoms with van der Waals surface area (Å²) in [6.45, 7) is 0. The number of nitrogens with zero attached hydrogens (tertiary/aromatic N) is 2. The molecule has 5 nitrogen and oxygen atoms in total. The number of hydrogen-bond acceptors (Lipinski definition) is 3. The predicted octanol–water partition coefficient (Wildman–Crippen LogP) is 4.93. The first-order chi connectivity index (χ1) is 13.5. The topological polar surface area (TPSA) is 84.7 Å². The fourth-order valence-electron chi connectivity index (χ4n) is 3.10. The lowest BCUT2D eigenvalue weighted by molar-refractivity contribution is 0.1000. The molecule has 0 atom stereocenters. The number of benzene rings is 2. The molecule has 0 spiro atoms. The van der Waals surface area contributed by atoms with Gasteiger partial charge in [0.1, 0.15) is 5.82 Å². The molecule has 2 heterocycles. The Morgan fingerprint density at radius 3 is 2.57 bits per heavy atom. The molecule has 2 aromatic heterocycles. The number of aromatic amines is 1. The predicted molar refractivity (Wildman–Crippen MR) is 115 cm³/mol. The molecular weight excluding hydrogens is 440 g/mol. The quantitative estimate of drug-likeness (QED) is 0.418. The van der Waals surface area contributed by atoms with Crippen LogP contribution in [0.25, 0.3) is 33.7 Å². The van der Waals surface area contributed by atoms with Crippen molar-refractivity contribution in [1.29, 1.82) is 0 Å². The maximum atomic E-state index is 11.4. The highest BCUT2D eigenvalue weighted by Gasteiger charge is 2.12. The molecule has 7 heteroatoms. The van der Waals surface area contributed by atoms with Crippen LogP contribution in [0.3, 0.4) is 0 Å². The molecule has 0 saturated carbocycles. The zero-order valence-corrected chi connectivity index (χ0v) is 17.1. The number of nitrogens with one attached hydrogen (secondary N) is 1. The van der Waals surface area contributed by atoms with E-state index in [4.69, 9.17) is 17.3 Å². The third-order valence-electron chi connectivity index (χ3n) is 4.49. The molecule has 140 valence electrons. The number of halogens is 2. The second kappa shape index (κ2) is 7.73. The molecule has 4 rings (SSSR count). The van der Waals surface area contributed by atoms with Gasteiger partial charge in [0, 0.05) is 27.7 Å². The number of imidazole rings is 1. The monoisotopic (exact) mass is 454 g/mol. The number of amides is 1. The number of pyridine rings is 1. The van der Waals surface area contributed by atoms with E-state index in [1.54, 1.807) is 6.07 Å². The summed E-state index contributed by atoms with van der Waals surface area (Å²) in [6.07, 6.45) is 2.10. The van der Waals surface area contributed by atoms with Gasteiger partial charge in [-0.2, -0.15) is 0 Å². The van der Waals surface area contributed by atoms with Crippen LogP contribution in [-0.4, -0.2) is 26.7 Å². The average Bonchev–Trinajstić information content (AvgIpc) is 3.11. The molecular formula is C21H16BrClN4O. The van der Waals surface area contributed by atoms with Crippen LogP contribution in [0, 0.1) is 0 Å². The van der Waals surface area contributed by atoms with E-state index < -0.39 is 5.91 Å². The Bertz CT molecular complexity index is 1170. The average molecular weight is 456 g/mol. The number of H-pyrrole nitrogens is 1. The van der Waals surface area contributed by atoms with E-state index in [2.05, 4.69) is 30.9 Å². The highest BCUT2D eigenvalue weighted by atomic mass is 79.9. The van der Waals surface area contributed by atoms with Gasteiger partial charge in [0.25, 0.3) is 0 Å². The van der Waals surface area contributed by atoms with Crippen molar-refractivity contribution in [1.82, 2.24) is 15.0 Å². The van der Waals surface area contributed by atoms with Gasteiger partial charge >= 0.3 is 0 Å². The van der Waals surface area contributed by atoms with Crippen molar-refractivity contribution in [2.45, 2.75) is 6.42 Å². The molecule has 0 fully saturated rings. The number of fused-ring (bicyclic) bond motifs is 1. The van der Waals surface area contributed by atoms with Crippen LogP contribution < -0.4 is 5.73 Å². The molecule has 3 N–H and O–H groups in total. The Kier molecular flexibility index (Phi) is 5.15. The van der Waals surface area contributed by atoms with Gasteiger partial charge in [-0.05, 0) is 36.2 Å². The number of carbonyl (C=O) groups is 1. The van der Waals surface area contributed by atoms with Crippen molar-refractivity contribution in [3.63, 3.8) is 0 Å². The molecule has 0 aliphatic carbocycles. The molecule has 0 radical (unpaired) electrons. The van der Waals surface area contributed by atoms with E-state index in [1.165, 1.54) is 6.20 Å². The van der Waals surface area contributed by atoms with Gasteiger partial charge in [0.15, 0.2) is 0 Å². The number of primary amides is 1. The molecule has 4 aromatic rings. The van der Waals surface area contributed by atoms with Crippen molar-refractivity contribution < 1.29 is 4.79 Å². The van der Waals surface area contributed by atoms with Gasteiger partial charge < -0.3 is 10.7 Å². The molecule has 0 aliphatic rings. The van der Waals surface area contributed by atoms with Gasteiger partial charge in [-0.1, -0.05) is 40.2 Å². The van der Waals surface area contributed by atoms with Gasteiger partial charge in [-0.15, -0.1) is 11.6 Å². The molecule has 2 aromatic carbocycles. The number of carbonyl (C=O) groups excluding carboxylic acids is 1. The summed E-state index contributed by atoms with van der Waals surface area (Å²) in [5.74, 6) is 0.739. The van der Waals surface area contributed by atoms with E-state index in [1.807, 2.05) is 42.5 Å². The van der Waals surface area contributed by atoms with Crippen LogP contribution in [0.1, 0.15) is 15.9 Å². The summed E-state index contributed by atoms with van der Waals surface area (Å²) in [6, 6.07) is 15.7. The second-order valence-electron chi connectivity index (χ2n) is 6.36. The summed E-state index contributed by atoms with van der Waals surface area (Å²) in [4.78, 5) is 23.9. The zero-order chi connectivity index (χ0) is 19.7. The van der Waals surface area contributed by atoms with Crippen LogP contribution in [0.5, 0.6) is 0 Å². The maximum absolute atomic E-state index is 11.4. The maximum Gasteiger partial charge on any atom is 0.250 e. The lowest BCUT2D eigenvalue weighted by Crippen LogP contribution is -2.12. The van der Waals surface area contributed by atoms with E-state index in [-0.39, 0.29) is 0 Å². The van der Waals surface area contributed by atoms with E-state index >= 15 is 0 Å². The van der Waals surface area contributed by atoms with Crippen molar-refractivity contribution in [3.05, 3.63) is 70.3 Å². The Morgan fingerprint density at radius 2 is 1.86 bits per heavy atom. The minimum absolute atomic E-state index is 0.383. The standard InChI is InChI=1S/C21H16BrClN4O/c22-16-5-6-17-18(10-16)27-21(26-17)13-3-1-12(2-4-13)19-14(7-8-23)9-15(11-25-19)20(24)28/h1-6,9-11H,7-8H2,(H2,24,28)(H,26,27). The normalized spacial score (nSPS) is 11.1. The molecule has 0 bridgehead atoms. The number of aryl methyl sites for hydroxylation is 1. The molecule has 1 amide bonds. The van der Waals surface area contributed by atoms with Crippen LogP contribution in [0.4, 0.5) is 0 Å². The van der Waals surface area contributed by atoms with Gasteiger partial charge in [0.2, 0.25) is 5.91 Å². The van der Waals surface area contributed by atoms with Crippen LogP contribution in [-0.2, 0) is 6.42 Å². The summed E-state index contributed by atoms with van der Waals surface area (Å²) >= 11 is 9.40. The summed E-state index contributed by atoms with van der Waals surface area (Å²) in [5.41, 5.74) is 11.2. The lowest BCUT2D eigenvalue weighted by atomic mass is 10.0. The van der Waals surface area contributed by atoms with Crippen LogP contribution in [0.15, 0.2) is 59.2 Å². The molecule has 0 saturated heterocycles. The number of nitrogens with two attached hydrogens (primary N) is 1. The zero-order valence-electron chi connectivity index (χ0n) is 14.7. The summed E-state index contributed by atoms with van der Waals surface area (Å²) in [5, 5.41) is 0. The fourth-order valence-corrected chi connectivity index (χ4v) is 3.67. The third kappa shape index (κ3) is 3.66. The van der Waals surface area contributed by atoms with Crippen molar-refractivity contribution in [2.75, 3.05) is 5.88 Å². The lowest BCUT2D eigenvalue weighted by Gasteiger charge is -2.09. The Balaban J connectivity index is 1.70. The first kappa shape index (κ1) is 18.7. The number of alkyl halides is 1. The molecule has 0 unspecified atom stereocenters. The Labute approximate surface area is 175 Å². The van der Waals surface area contributed by atoms with Gasteiger partial charge in [0.05, 0.1) is 22.3 Å². The van der Waals surface area contributed by atoms with Crippen molar-refractivity contribution in [3.8, 4) is 22.6 Å². The Hall–Kier alpha value is -2.70. The van der Waals surface area contributed by atoms with Crippen molar-refractivity contribution >= 4 is 44.5 Å². The second-order valence-corrected chi connectivity index (χ2v) is 7.65. The summed E-state index contributed by atoms with van der Waals surface area (Å²) in [7, 11) is 0. The largest absolute Gasteiger partial charge is 0.366 e. The SMILES string of the molecule is NC(=O)c1cnc(-c2ccc(-c3nc4ccc(Br)cc4[nH]3)cc2)c(CCCl)c1. The van der Waals surface area contributed by atoms with E-state index in [0.29, 0.717) is 17.9 Å². The smallest absolute Gasteiger partial charge is 0.250 e. The number of rotatable bonds is 5. The molecule has 28 heavy (non-hydrogen) atoms. The third-order valence-corrected chi connectivity index (χ3v) is 5.17. The van der Waals surface area contributed by atoms with Crippen molar-refractivity contribution in [2.24, 2.45) is 5.73 Å². The number of hydrogen-bond donors (Lipinski definition) is 2. The summed E-state index contributed by atoms with van der Waals surface area (Å²) < 4.78 is 1.00. The fraction of sp³-hybridized carbons (Fsp3) is 0.0952. The number of aromatic nitrogens is 3. The molecule has 0 aliphatic heterocycles. The van der Waals surface area contributed by atoms with Crippen LogP contribution in [0.2, 0.25) is 0 Å². The highest BCUT2D eigenvalue weighted by Crippen LogP contribution is 2.27. The minimum atomic E-state index is -0.498. The van der Waals surface area contributed by atoms with Gasteiger partial charge in [-0.25, -0.2) is 4.98 Å². The van der Waals surface area contributed by atoms with Crippen LogP contribution >= 0.6 is 27.5 Å².